The second-order valence-electron chi connectivity index (χ2n) is 4.85. The molecule has 3 aromatic rings. The summed E-state index contributed by atoms with van der Waals surface area (Å²) in [7, 11) is 3.15. The number of rotatable bonds is 4. The lowest BCUT2D eigenvalue weighted by atomic mass is 10.3. The van der Waals surface area contributed by atoms with E-state index in [1.165, 1.54) is 0 Å². The van der Waals surface area contributed by atoms with E-state index in [2.05, 4.69) is 15.2 Å². The van der Waals surface area contributed by atoms with Gasteiger partial charge >= 0.3 is 0 Å². The van der Waals surface area contributed by atoms with Crippen LogP contribution in [0, 0.1) is 6.92 Å². The molecule has 0 bridgehead atoms. The van der Waals surface area contributed by atoms with Crippen LogP contribution in [-0.2, 0) is 0 Å². The Hall–Kier alpha value is -3.09. The van der Waals surface area contributed by atoms with Crippen LogP contribution in [0.15, 0.2) is 46.8 Å². The molecule has 118 valence electrons. The molecular formula is C16H16N4O3. The third-order valence-electron chi connectivity index (χ3n) is 3.41. The van der Waals surface area contributed by atoms with Crippen molar-refractivity contribution < 1.29 is 14.6 Å². The molecule has 0 spiro atoms. The standard InChI is InChI=1S/C16H16N4O3/c1-10-15(20-8-4-5-13(21)16(20)17-10)19-18-12-9-11(22-2)6-7-14(12)23-3/h4-9,21H,1-3H3. The fraction of sp³-hybridized carbons (Fsp3) is 0.188. The van der Waals surface area contributed by atoms with Gasteiger partial charge in [0, 0.05) is 12.3 Å². The van der Waals surface area contributed by atoms with Gasteiger partial charge in [-0.15, -0.1) is 10.2 Å². The van der Waals surface area contributed by atoms with Crippen molar-refractivity contribution in [1.82, 2.24) is 9.38 Å². The molecule has 0 saturated heterocycles. The molecule has 0 amide bonds. The van der Waals surface area contributed by atoms with Crippen LogP contribution in [-0.4, -0.2) is 28.7 Å². The van der Waals surface area contributed by atoms with Crippen LogP contribution in [0.3, 0.4) is 0 Å². The van der Waals surface area contributed by atoms with Gasteiger partial charge in [0.1, 0.15) is 17.2 Å². The maximum Gasteiger partial charge on any atom is 0.182 e. The molecule has 0 aliphatic rings. The Morgan fingerprint density at radius 3 is 2.70 bits per heavy atom. The SMILES string of the molecule is COc1ccc(OC)c(N=Nc2c(C)nc3c(O)cccn23)c1. The molecule has 0 aliphatic carbocycles. The summed E-state index contributed by atoms with van der Waals surface area (Å²) in [5.41, 5.74) is 1.65. The normalized spacial score (nSPS) is 11.3. The highest BCUT2D eigenvalue weighted by atomic mass is 16.5. The second kappa shape index (κ2) is 5.96. The number of ether oxygens (including phenoxy) is 2. The molecule has 1 N–H and O–H groups in total. The maximum atomic E-state index is 9.85. The number of imidazole rings is 1. The van der Waals surface area contributed by atoms with Crippen molar-refractivity contribution in [3.8, 4) is 17.2 Å². The van der Waals surface area contributed by atoms with Crippen molar-refractivity contribution in [2.75, 3.05) is 14.2 Å². The number of aromatic hydroxyl groups is 1. The Balaban J connectivity index is 2.07. The van der Waals surface area contributed by atoms with Crippen molar-refractivity contribution in [2.24, 2.45) is 10.2 Å². The molecule has 0 radical (unpaired) electrons. The summed E-state index contributed by atoms with van der Waals surface area (Å²) in [4.78, 5) is 4.30. The number of nitrogens with zero attached hydrogens (tertiary/aromatic N) is 4. The van der Waals surface area contributed by atoms with Gasteiger partial charge in [0.15, 0.2) is 17.2 Å². The molecule has 23 heavy (non-hydrogen) atoms. The molecule has 0 aliphatic heterocycles. The molecule has 2 heterocycles. The topological polar surface area (TPSA) is 80.7 Å². The second-order valence-corrected chi connectivity index (χ2v) is 4.85. The number of fused-ring (bicyclic) bond motifs is 1. The van der Waals surface area contributed by atoms with Crippen molar-refractivity contribution >= 4 is 17.2 Å². The van der Waals surface area contributed by atoms with Gasteiger partial charge in [0.2, 0.25) is 0 Å². The van der Waals surface area contributed by atoms with Crippen molar-refractivity contribution in [3.63, 3.8) is 0 Å². The molecule has 0 unspecified atom stereocenters. The molecule has 7 nitrogen and oxygen atoms in total. The third kappa shape index (κ3) is 2.68. The first-order valence-corrected chi connectivity index (χ1v) is 6.94. The van der Waals surface area contributed by atoms with Gasteiger partial charge in [-0.05, 0) is 31.2 Å². The number of azo groups is 1. The minimum atomic E-state index is 0.0935. The van der Waals surface area contributed by atoms with Crippen LogP contribution in [0.4, 0.5) is 11.5 Å². The Morgan fingerprint density at radius 2 is 1.96 bits per heavy atom. The smallest absolute Gasteiger partial charge is 0.182 e. The molecule has 7 heteroatoms. The molecule has 0 atom stereocenters. The molecule has 3 rings (SSSR count). The Kier molecular flexibility index (Phi) is 3.84. The van der Waals surface area contributed by atoms with Crippen LogP contribution >= 0.6 is 0 Å². The highest BCUT2D eigenvalue weighted by Gasteiger charge is 2.11. The number of aryl methyl sites for hydroxylation is 1. The molecular weight excluding hydrogens is 296 g/mol. The van der Waals surface area contributed by atoms with Gasteiger partial charge in [-0.25, -0.2) is 4.98 Å². The van der Waals surface area contributed by atoms with Crippen molar-refractivity contribution in [3.05, 3.63) is 42.2 Å². The zero-order valence-corrected chi connectivity index (χ0v) is 13.0. The minimum absolute atomic E-state index is 0.0935. The van der Waals surface area contributed by atoms with E-state index in [0.717, 1.165) is 0 Å². The highest BCUT2D eigenvalue weighted by Crippen LogP contribution is 2.34. The summed E-state index contributed by atoms with van der Waals surface area (Å²) in [5, 5.41) is 18.4. The van der Waals surface area contributed by atoms with E-state index in [-0.39, 0.29) is 5.75 Å². The van der Waals surface area contributed by atoms with E-state index in [9.17, 15) is 5.11 Å². The van der Waals surface area contributed by atoms with Gasteiger partial charge in [0.25, 0.3) is 0 Å². The minimum Gasteiger partial charge on any atom is -0.504 e. The first-order valence-electron chi connectivity index (χ1n) is 6.94. The highest BCUT2D eigenvalue weighted by molar-refractivity contribution is 5.60. The quantitative estimate of drug-likeness (QED) is 0.743. The van der Waals surface area contributed by atoms with Crippen LogP contribution < -0.4 is 9.47 Å². The van der Waals surface area contributed by atoms with Crippen LogP contribution in [0.5, 0.6) is 17.2 Å². The number of aromatic nitrogens is 2. The lowest BCUT2D eigenvalue weighted by molar-refractivity contribution is 0.404. The number of hydrogen-bond donors (Lipinski definition) is 1. The van der Waals surface area contributed by atoms with Crippen molar-refractivity contribution in [2.45, 2.75) is 6.92 Å². The summed E-state index contributed by atoms with van der Waals surface area (Å²) in [6, 6.07) is 8.58. The van der Waals surface area contributed by atoms with Crippen molar-refractivity contribution in [1.29, 1.82) is 0 Å². The maximum absolute atomic E-state index is 9.85. The number of methoxy groups -OCH3 is 2. The van der Waals surface area contributed by atoms with Crippen LogP contribution in [0.1, 0.15) is 5.69 Å². The predicted molar refractivity (Wildman–Crippen MR) is 85.3 cm³/mol. The fourth-order valence-electron chi connectivity index (χ4n) is 2.25. The van der Waals surface area contributed by atoms with E-state index < -0.39 is 0 Å². The average molecular weight is 312 g/mol. The Bertz CT molecular complexity index is 886. The first-order chi connectivity index (χ1) is 11.1. The van der Waals surface area contributed by atoms with Gasteiger partial charge < -0.3 is 14.6 Å². The summed E-state index contributed by atoms with van der Waals surface area (Å²) >= 11 is 0. The number of benzene rings is 1. The van der Waals surface area contributed by atoms with Gasteiger partial charge in [-0.3, -0.25) is 4.40 Å². The van der Waals surface area contributed by atoms with Crippen LogP contribution in [0.25, 0.3) is 5.65 Å². The number of hydrogen-bond acceptors (Lipinski definition) is 6. The first kappa shape index (κ1) is 14.8. The predicted octanol–water partition coefficient (Wildman–Crippen LogP) is 3.78. The molecule has 2 aromatic heterocycles. The zero-order valence-electron chi connectivity index (χ0n) is 13.0. The zero-order chi connectivity index (χ0) is 16.4. The lowest BCUT2D eigenvalue weighted by Gasteiger charge is -2.05. The molecule has 0 fully saturated rings. The van der Waals surface area contributed by atoms with E-state index >= 15 is 0 Å². The lowest BCUT2D eigenvalue weighted by Crippen LogP contribution is -1.86. The van der Waals surface area contributed by atoms with Crippen LogP contribution in [0.2, 0.25) is 0 Å². The third-order valence-corrected chi connectivity index (χ3v) is 3.41. The van der Waals surface area contributed by atoms with Gasteiger partial charge in [-0.1, -0.05) is 0 Å². The largest absolute Gasteiger partial charge is 0.504 e. The number of pyridine rings is 1. The summed E-state index contributed by atoms with van der Waals surface area (Å²) in [6.07, 6.45) is 1.77. The summed E-state index contributed by atoms with van der Waals surface area (Å²) in [5.74, 6) is 1.88. The van der Waals surface area contributed by atoms with E-state index in [4.69, 9.17) is 9.47 Å². The average Bonchev–Trinajstić information content (AvgIpc) is 2.89. The monoisotopic (exact) mass is 312 g/mol. The molecule has 1 aromatic carbocycles. The van der Waals surface area contributed by atoms with E-state index in [1.807, 2.05) is 6.92 Å². The van der Waals surface area contributed by atoms with Gasteiger partial charge in [0.05, 0.1) is 19.9 Å². The Labute approximate surface area is 132 Å². The fourth-order valence-corrected chi connectivity index (χ4v) is 2.25. The van der Waals surface area contributed by atoms with E-state index in [0.29, 0.717) is 34.3 Å². The Morgan fingerprint density at radius 1 is 1.13 bits per heavy atom. The summed E-state index contributed by atoms with van der Waals surface area (Å²) in [6.45, 7) is 1.81. The van der Waals surface area contributed by atoms with Gasteiger partial charge in [-0.2, -0.15) is 0 Å². The summed E-state index contributed by atoms with van der Waals surface area (Å²) < 4.78 is 12.2. The molecule has 0 saturated carbocycles. The van der Waals surface area contributed by atoms with E-state index in [1.54, 1.807) is 55.1 Å².